The first-order valence-corrected chi connectivity index (χ1v) is 9.48. The van der Waals surface area contributed by atoms with Gasteiger partial charge in [0.15, 0.2) is 0 Å². The van der Waals surface area contributed by atoms with Gasteiger partial charge in [0.1, 0.15) is 0 Å². The van der Waals surface area contributed by atoms with E-state index in [0.29, 0.717) is 6.04 Å². The van der Waals surface area contributed by atoms with Crippen LogP contribution in [0.4, 0.5) is 5.69 Å². The summed E-state index contributed by atoms with van der Waals surface area (Å²) in [6.07, 6.45) is 4.83. The third kappa shape index (κ3) is 3.49. The molecule has 2 N–H and O–H groups in total. The molecule has 1 aliphatic heterocycles. The number of hydrogen-bond donors (Lipinski definition) is 2. The Labute approximate surface area is 149 Å². The SMILES string of the molecule is CCc1cc(C)c(=O)[nH]c1-c1ccc(N2CCC(NC3CC3)C2)cc1. The number of nitrogens with zero attached hydrogens (tertiary/aromatic N) is 1. The third-order valence-corrected chi connectivity index (χ3v) is 5.45. The fraction of sp³-hybridized carbons (Fsp3) is 0.476. The van der Waals surface area contributed by atoms with Crippen LogP contribution in [0.2, 0.25) is 0 Å². The van der Waals surface area contributed by atoms with E-state index in [9.17, 15) is 4.79 Å². The van der Waals surface area contributed by atoms with Gasteiger partial charge in [0.25, 0.3) is 5.56 Å². The second kappa shape index (κ2) is 6.68. The fourth-order valence-corrected chi connectivity index (χ4v) is 3.78. The van der Waals surface area contributed by atoms with Crippen LogP contribution in [0.5, 0.6) is 0 Å². The molecule has 0 spiro atoms. The largest absolute Gasteiger partial charge is 0.370 e. The maximum absolute atomic E-state index is 12.0. The molecule has 4 heteroatoms. The first kappa shape index (κ1) is 16.4. The van der Waals surface area contributed by atoms with Crippen LogP contribution in [0.25, 0.3) is 11.3 Å². The van der Waals surface area contributed by atoms with Crippen LogP contribution in [-0.4, -0.2) is 30.2 Å². The lowest BCUT2D eigenvalue weighted by Gasteiger charge is -2.20. The number of aromatic nitrogens is 1. The number of nitrogens with one attached hydrogen (secondary N) is 2. The van der Waals surface area contributed by atoms with E-state index in [-0.39, 0.29) is 5.56 Å². The lowest BCUT2D eigenvalue weighted by Crippen LogP contribution is -2.33. The lowest BCUT2D eigenvalue weighted by atomic mass is 10.0. The Morgan fingerprint density at radius 3 is 2.60 bits per heavy atom. The first-order chi connectivity index (χ1) is 12.1. The Morgan fingerprint density at radius 2 is 1.92 bits per heavy atom. The summed E-state index contributed by atoms with van der Waals surface area (Å²) in [5.74, 6) is 0. The minimum Gasteiger partial charge on any atom is -0.370 e. The number of hydrogen-bond acceptors (Lipinski definition) is 3. The van der Waals surface area contributed by atoms with Crippen molar-refractivity contribution in [3.8, 4) is 11.3 Å². The Kier molecular flexibility index (Phi) is 4.38. The van der Waals surface area contributed by atoms with Crippen LogP contribution >= 0.6 is 0 Å². The summed E-state index contributed by atoms with van der Waals surface area (Å²) in [6, 6.07) is 12.1. The number of H-pyrrole nitrogens is 1. The van der Waals surface area contributed by atoms with Crippen LogP contribution in [-0.2, 0) is 6.42 Å². The number of pyridine rings is 1. The molecule has 1 saturated carbocycles. The molecule has 1 aliphatic carbocycles. The summed E-state index contributed by atoms with van der Waals surface area (Å²) >= 11 is 0. The van der Waals surface area contributed by atoms with Crippen LogP contribution in [0, 0.1) is 6.92 Å². The number of rotatable bonds is 5. The number of aromatic amines is 1. The predicted molar refractivity (Wildman–Crippen MR) is 103 cm³/mol. The smallest absolute Gasteiger partial charge is 0.251 e. The highest BCUT2D eigenvalue weighted by atomic mass is 16.1. The summed E-state index contributed by atoms with van der Waals surface area (Å²) in [5.41, 5.74) is 5.30. The molecule has 0 bridgehead atoms. The van der Waals surface area contributed by atoms with Gasteiger partial charge in [-0.3, -0.25) is 4.79 Å². The van der Waals surface area contributed by atoms with Crippen molar-refractivity contribution in [1.29, 1.82) is 0 Å². The molecule has 25 heavy (non-hydrogen) atoms. The Balaban J connectivity index is 1.52. The topological polar surface area (TPSA) is 48.1 Å². The van der Waals surface area contributed by atoms with E-state index in [2.05, 4.69) is 46.4 Å². The van der Waals surface area contributed by atoms with E-state index in [0.717, 1.165) is 42.4 Å². The minimum atomic E-state index is 0.00446. The van der Waals surface area contributed by atoms with Crippen LogP contribution < -0.4 is 15.8 Å². The molecule has 1 atom stereocenters. The average molecular weight is 337 g/mol. The quantitative estimate of drug-likeness (QED) is 0.880. The van der Waals surface area contributed by atoms with Gasteiger partial charge in [-0.15, -0.1) is 0 Å². The van der Waals surface area contributed by atoms with Gasteiger partial charge in [0.2, 0.25) is 0 Å². The molecule has 4 rings (SSSR count). The van der Waals surface area contributed by atoms with Crippen molar-refractivity contribution < 1.29 is 0 Å². The monoisotopic (exact) mass is 337 g/mol. The number of aryl methyl sites for hydroxylation is 2. The summed E-state index contributed by atoms with van der Waals surface area (Å²) in [5, 5.41) is 3.73. The molecule has 0 radical (unpaired) electrons. The lowest BCUT2D eigenvalue weighted by molar-refractivity contribution is 0.548. The van der Waals surface area contributed by atoms with Crippen molar-refractivity contribution in [2.45, 2.75) is 51.6 Å². The number of anilines is 1. The molecule has 2 aliphatic rings. The standard InChI is InChI=1S/C21H27N3O/c1-3-15-12-14(2)21(25)23-20(15)16-4-8-19(9-5-16)24-11-10-18(13-24)22-17-6-7-17/h4-5,8-9,12,17-18,22H,3,6-7,10-11,13H2,1-2H3,(H,23,25). The normalized spacial score (nSPS) is 20.2. The maximum Gasteiger partial charge on any atom is 0.251 e. The van der Waals surface area contributed by atoms with Crippen molar-refractivity contribution in [3.05, 3.63) is 51.8 Å². The average Bonchev–Trinajstić information content (AvgIpc) is 3.32. The summed E-state index contributed by atoms with van der Waals surface area (Å²) < 4.78 is 0. The zero-order chi connectivity index (χ0) is 17.4. The highest BCUT2D eigenvalue weighted by Gasteiger charge is 2.29. The molecular formula is C21H27N3O. The highest BCUT2D eigenvalue weighted by molar-refractivity contribution is 5.66. The van der Waals surface area contributed by atoms with E-state index in [4.69, 9.17) is 0 Å². The van der Waals surface area contributed by atoms with Gasteiger partial charge in [0, 0.05) is 36.4 Å². The number of benzene rings is 1. The van der Waals surface area contributed by atoms with Crippen LogP contribution in [0.1, 0.15) is 37.3 Å². The van der Waals surface area contributed by atoms with Gasteiger partial charge in [-0.2, -0.15) is 0 Å². The van der Waals surface area contributed by atoms with Crippen LogP contribution in [0.15, 0.2) is 35.1 Å². The first-order valence-electron chi connectivity index (χ1n) is 9.48. The van der Waals surface area contributed by atoms with E-state index >= 15 is 0 Å². The third-order valence-electron chi connectivity index (χ3n) is 5.45. The Hall–Kier alpha value is -2.07. The zero-order valence-electron chi connectivity index (χ0n) is 15.1. The Morgan fingerprint density at radius 1 is 1.16 bits per heavy atom. The summed E-state index contributed by atoms with van der Waals surface area (Å²) in [4.78, 5) is 17.5. The molecule has 1 unspecified atom stereocenters. The molecule has 1 saturated heterocycles. The molecule has 0 amide bonds. The minimum absolute atomic E-state index is 0.00446. The maximum atomic E-state index is 12.0. The van der Waals surface area contributed by atoms with E-state index < -0.39 is 0 Å². The van der Waals surface area contributed by atoms with Gasteiger partial charge in [-0.25, -0.2) is 0 Å². The molecule has 1 aromatic heterocycles. The Bertz CT molecular complexity index is 805. The van der Waals surface area contributed by atoms with Crippen molar-refractivity contribution in [3.63, 3.8) is 0 Å². The molecule has 1 aromatic carbocycles. The van der Waals surface area contributed by atoms with Crippen molar-refractivity contribution >= 4 is 5.69 Å². The second-order valence-electron chi connectivity index (χ2n) is 7.45. The molecule has 132 valence electrons. The molecule has 4 nitrogen and oxygen atoms in total. The predicted octanol–water partition coefficient (Wildman–Crippen LogP) is 3.24. The van der Waals surface area contributed by atoms with E-state index in [1.165, 1.54) is 30.5 Å². The zero-order valence-corrected chi connectivity index (χ0v) is 15.1. The van der Waals surface area contributed by atoms with Crippen molar-refractivity contribution in [2.75, 3.05) is 18.0 Å². The molecular weight excluding hydrogens is 310 g/mol. The molecule has 2 fully saturated rings. The van der Waals surface area contributed by atoms with Crippen molar-refractivity contribution in [1.82, 2.24) is 10.3 Å². The van der Waals surface area contributed by atoms with Gasteiger partial charge >= 0.3 is 0 Å². The van der Waals surface area contributed by atoms with Gasteiger partial charge in [-0.05, 0) is 61.9 Å². The molecule has 2 heterocycles. The van der Waals surface area contributed by atoms with E-state index in [1.54, 1.807) is 0 Å². The van der Waals surface area contributed by atoms with Crippen molar-refractivity contribution in [2.24, 2.45) is 0 Å². The summed E-state index contributed by atoms with van der Waals surface area (Å²) in [6.45, 7) is 6.20. The highest BCUT2D eigenvalue weighted by Crippen LogP contribution is 2.28. The second-order valence-corrected chi connectivity index (χ2v) is 7.45. The summed E-state index contributed by atoms with van der Waals surface area (Å²) in [7, 11) is 0. The van der Waals surface area contributed by atoms with Gasteiger partial charge in [-0.1, -0.05) is 19.1 Å². The van der Waals surface area contributed by atoms with Gasteiger partial charge < -0.3 is 15.2 Å². The van der Waals surface area contributed by atoms with Crippen LogP contribution in [0.3, 0.4) is 0 Å². The fourth-order valence-electron chi connectivity index (χ4n) is 3.78. The molecule has 2 aromatic rings. The van der Waals surface area contributed by atoms with E-state index in [1.807, 2.05) is 13.0 Å². The van der Waals surface area contributed by atoms with Gasteiger partial charge in [0.05, 0.1) is 5.69 Å².